The van der Waals surface area contributed by atoms with Crippen LogP contribution in [0.25, 0.3) is 10.2 Å². The van der Waals surface area contributed by atoms with E-state index in [9.17, 15) is 22.0 Å². The topological polar surface area (TPSA) is 83.7 Å². The van der Waals surface area contributed by atoms with E-state index < -0.39 is 21.8 Å². The number of rotatable bonds is 6. The number of anilines is 1. The average molecular weight is 518 g/mol. The Morgan fingerprint density at radius 1 is 1.11 bits per heavy atom. The predicted molar refractivity (Wildman–Crippen MR) is 127 cm³/mol. The van der Waals surface area contributed by atoms with Crippen LogP contribution in [0.4, 0.5) is 13.9 Å². The Morgan fingerprint density at radius 3 is 2.60 bits per heavy atom. The van der Waals surface area contributed by atoms with Crippen LogP contribution < -0.4 is 4.90 Å². The highest BCUT2D eigenvalue weighted by atomic mass is 32.2. The predicted octanol–water partition coefficient (Wildman–Crippen LogP) is 4.80. The van der Waals surface area contributed by atoms with Gasteiger partial charge in [-0.2, -0.15) is 4.31 Å². The molecule has 0 aliphatic carbocycles. The van der Waals surface area contributed by atoms with E-state index in [2.05, 4.69) is 4.98 Å². The highest BCUT2D eigenvalue weighted by molar-refractivity contribution is 7.89. The Labute approximate surface area is 204 Å². The molecule has 1 saturated heterocycles. The number of carbonyl (C=O) groups is 1. The molecule has 0 saturated carbocycles. The zero-order valence-electron chi connectivity index (χ0n) is 18.4. The summed E-state index contributed by atoms with van der Waals surface area (Å²) in [6.07, 6.45) is 2.07. The van der Waals surface area contributed by atoms with Crippen molar-refractivity contribution >= 4 is 42.6 Å². The van der Waals surface area contributed by atoms with Crippen LogP contribution in [0.3, 0.4) is 0 Å². The van der Waals surface area contributed by atoms with E-state index in [1.807, 2.05) is 0 Å². The lowest BCUT2D eigenvalue weighted by molar-refractivity contribution is -0.123. The van der Waals surface area contributed by atoms with Gasteiger partial charge in [0.25, 0.3) is 0 Å². The van der Waals surface area contributed by atoms with Crippen LogP contribution in [-0.2, 0) is 21.4 Å². The molecule has 1 fully saturated rings. The fourth-order valence-corrected chi connectivity index (χ4v) is 6.69. The standard InChI is InChI=1S/C24H21F2N3O4S2/c25-17-7-8-20-21(14-17)34-24(27-20)29(15-18-4-3-13-33-18)23(30)16-9-11-28(12-10-16)35(31,32)22-6-2-1-5-19(22)26/h1-8,13-14,16H,9-12,15H2. The number of hydrogen-bond acceptors (Lipinski definition) is 6. The molecule has 35 heavy (non-hydrogen) atoms. The summed E-state index contributed by atoms with van der Waals surface area (Å²) in [6.45, 7) is 0.321. The van der Waals surface area contributed by atoms with Gasteiger partial charge in [0.1, 0.15) is 22.3 Å². The monoisotopic (exact) mass is 517 g/mol. The third-order valence-electron chi connectivity index (χ3n) is 5.99. The maximum atomic E-state index is 14.1. The zero-order valence-corrected chi connectivity index (χ0v) is 20.1. The molecule has 0 atom stereocenters. The van der Waals surface area contributed by atoms with Crippen LogP contribution in [-0.4, -0.2) is 36.7 Å². The molecule has 1 aliphatic heterocycles. The van der Waals surface area contributed by atoms with E-state index in [4.69, 9.17) is 4.42 Å². The fourth-order valence-electron chi connectivity index (χ4n) is 4.16. The van der Waals surface area contributed by atoms with Gasteiger partial charge in [0.05, 0.1) is 23.0 Å². The van der Waals surface area contributed by atoms with Crippen molar-refractivity contribution in [1.82, 2.24) is 9.29 Å². The molecule has 0 spiro atoms. The maximum Gasteiger partial charge on any atom is 0.245 e. The first-order valence-corrected chi connectivity index (χ1v) is 13.2. The van der Waals surface area contributed by atoms with E-state index in [-0.39, 0.29) is 49.1 Å². The number of sulfonamides is 1. The summed E-state index contributed by atoms with van der Waals surface area (Å²) in [4.78, 5) is 19.3. The summed E-state index contributed by atoms with van der Waals surface area (Å²) in [5, 5.41) is 0.411. The number of halogens is 2. The summed E-state index contributed by atoms with van der Waals surface area (Å²) in [5.74, 6) is -1.31. The number of benzene rings is 2. The molecule has 4 aromatic rings. The van der Waals surface area contributed by atoms with Crippen LogP contribution in [0, 0.1) is 17.6 Å². The summed E-state index contributed by atoms with van der Waals surface area (Å²) in [5.41, 5.74) is 0.578. The van der Waals surface area contributed by atoms with E-state index >= 15 is 0 Å². The molecule has 1 amide bonds. The molecule has 1 aliphatic rings. The molecule has 0 N–H and O–H groups in total. The molecule has 2 aromatic carbocycles. The summed E-state index contributed by atoms with van der Waals surface area (Å²) >= 11 is 1.20. The Balaban J connectivity index is 1.37. The zero-order chi connectivity index (χ0) is 24.6. The van der Waals surface area contributed by atoms with Crippen molar-refractivity contribution in [1.29, 1.82) is 0 Å². The number of furan rings is 1. The Morgan fingerprint density at radius 2 is 1.89 bits per heavy atom. The van der Waals surface area contributed by atoms with Crippen molar-refractivity contribution in [2.24, 2.45) is 5.92 Å². The first kappa shape index (κ1) is 23.6. The minimum atomic E-state index is -4.00. The van der Waals surface area contributed by atoms with Crippen LogP contribution in [0.5, 0.6) is 0 Å². The number of thiazole rings is 1. The summed E-state index contributed by atoms with van der Waals surface area (Å²) in [7, 11) is -4.00. The molecule has 0 radical (unpaired) electrons. The van der Waals surface area contributed by atoms with Gasteiger partial charge in [-0.15, -0.1) is 0 Å². The van der Waals surface area contributed by atoms with Crippen LogP contribution in [0.15, 0.2) is 70.2 Å². The lowest BCUT2D eigenvalue weighted by Crippen LogP contribution is -2.44. The van der Waals surface area contributed by atoms with Crippen molar-refractivity contribution in [2.45, 2.75) is 24.3 Å². The molecule has 2 aromatic heterocycles. The molecule has 7 nitrogen and oxygen atoms in total. The number of fused-ring (bicyclic) bond motifs is 1. The van der Waals surface area contributed by atoms with Crippen LogP contribution in [0.1, 0.15) is 18.6 Å². The number of piperidine rings is 1. The molecule has 11 heteroatoms. The molecular weight excluding hydrogens is 496 g/mol. The van der Waals surface area contributed by atoms with Crippen molar-refractivity contribution in [2.75, 3.05) is 18.0 Å². The number of carbonyl (C=O) groups excluding carboxylic acids is 1. The Hall–Kier alpha value is -3.15. The van der Waals surface area contributed by atoms with Gasteiger partial charge < -0.3 is 4.42 Å². The minimum absolute atomic E-state index is 0.0900. The van der Waals surface area contributed by atoms with Gasteiger partial charge in [0.2, 0.25) is 15.9 Å². The van der Waals surface area contributed by atoms with Gasteiger partial charge in [-0.05, 0) is 55.3 Å². The average Bonchev–Trinajstić information content (AvgIpc) is 3.52. The lowest BCUT2D eigenvalue weighted by atomic mass is 9.96. The van der Waals surface area contributed by atoms with Crippen LogP contribution >= 0.6 is 11.3 Å². The molecule has 0 unspecified atom stereocenters. The van der Waals surface area contributed by atoms with Gasteiger partial charge in [-0.25, -0.2) is 22.2 Å². The van der Waals surface area contributed by atoms with Gasteiger partial charge >= 0.3 is 0 Å². The van der Waals surface area contributed by atoms with Gasteiger partial charge in [0.15, 0.2) is 5.13 Å². The second kappa shape index (κ2) is 9.48. The minimum Gasteiger partial charge on any atom is -0.467 e. The number of nitrogens with zero attached hydrogens (tertiary/aromatic N) is 3. The van der Waals surface area contributed by atoms with Crippen molar-refractivity contribution in [3.05, 3.63) is 78.3 Å². The second-order valence-electron chi connectivity index (χ2n) is 8.22. The van der Waals surface area contributed by atoms with Gasteiger partial charge in [0, 0.05) is 19.0 Å². The van der Waals surface area contributed by atoms with E-state index in [1.165, 1.54) is 57.1 Å². The normalized spacial score (nSPS) is 15.5. The maximum absolute atomic E-state index is 14.1. The first-order valence-electron chi connectivity index (χ1n) is 11.0. The Bertz CT molecular complexity index is 1460. The highest BCUT2D eigenvalue weighted by Crippen LogP contribution is 2.33. The van der Waals surface area contributed by atoms with Crippen molar-refractivity contribution in [3.8, 4) is 0 Å². The second-order valence-corrected chi connectivity index (χ2v) is 11.1. The van der Waals surface area contributed by atoms with E-state index in [0.29, 0.717) is 21.1 Å². The van der Waals surface area contributed by atoms with Crippen molar-refractivity contribution < 1.29 is 26.4 Å². The summed E-state index contributed by atoms with van der Waals surface area (Å²) in [6, 6.07) is 13.0. The number of aromatic nitrogens is 1. The molecular formula is C24H21F2N3O4S2. The lowest BCUT2D eigenvalue weighted by Gasteiger charge is -2.32. The smallest absolute Gasteiger partial charge is 0.245 e. The molecule has 0 bridgehead atoms. The highest BCUT2D eigenvalue weighted by Gasteiger charge is 2.36. The number of amides is 1. The SMILES string of the molecule is O=C(C1CCN(S(=O)(=O)c2ccccc2F)CC1)N(Cc1ccco1)c1nc2ccc(F)cc2s1. The van der Waals surface area contributed by atoms with Gasteiger partial charge in [-0.1, -0.05) is 23.5 Å². The summed E-state index contributed by atoms with van der Waals surface area (Å²) < 4.78 is 60.9. The quantitative estimate of drug-likeness (QED) is 0.367. The van der Waals surface area contributed by atoms with Gasteiger partial charge in [-0.3, -0.25) is 9.69 Å². The Kier molecular flexibility index (Phi) is 6.39. The molecule has 5 rings (SSSR count). The fraction of sp³-hybridized carbons (Fsp3) is 0.250. The third kappa shape index (κ3) is 4.71. The van der Waals surface area contributed by atoms with E-state index in [0.717, 1.165) is 6.07 Å². The first-order chi connectivity index (χ1) is 16.8. The third-order valence-corrected chi connectivity index (χ3v) is 8.96. The largest absolute Gasteiger partial charge is 0.467 e. The van der Waals surface area contributed by atoms with E-state index in [1.54, 1.807) is 18.2 Å². The number of hydrogen-bond donors (Lipinski definition) is 0. The van der Waals surface area contributed by atoms with Crippen molar-refractivity contribution in [3.63, 3.8) is 0 Å². The van der Waals surface area contributed by atoms with Crippen LogP contribution in [0.2, 0.25) is 0 Å². The molecule has 182 valence electrons. The molecule has 3 heterocycles.